The average molecular weight is 601 g/mol. The number of hydrogen-bond donors (Lipinski definition) is 2. The molecule has 2 aliphatic heterocycles. The van der Waals surface area contributed by atoms with Gasteiger partial charge in [0.15, 0.2) is 23.5 Å². The van der Waals surface area contributed by atoms with Crippen LogP contribution in [0.2, 0.25) is 0 Å². The summed E-state index contributed by atoms with van der Waals surface area (Å²) >= 11 is 0. The lowest BCUT2D eigenvalue weighted by Gasteiger charge is -2.46. The number of nitrogen functional groups attached to an aromatic ring is 1. The molecule has 8 rings (SSSR count). The highest BCUT2D eigenvalue weighted by Gasteiger charge is 2.57. The van der Waals surface area contributed by atoms with Crippen molar-refractivity contribution in [1.82, 2.24) is 34.4 Å². The van der Waals surface area contributed by atoms with Gasteiger partial charge in [-0.3, -0.25) is 9.47 Å². The number of imidazole rings is 2. The number of aromatic nitrogens is 6. The van der Waals surface area contributed by atoms with Crippen molar-refractivity contribution < 1.29 is 14.2 Å². The van der Waals surface area contributed by atoms with E-state index in [4.69, 9.17) is 24.9 Å². The summed E-state index contributed by atoms with van der Waals surface area (Å²) in [7, 11) is 0. The van der Waals surface area contributed by atoms with Crippen molar-refractivity contribution in [2.45, 2.75) is 121 Å². The van der Waals surface area contributed by atoms with E-state index in [0.717, 1.165) is 42.2 Å². The van der Waals surface area contributed by atoms with Gasteiger partial charge >= 0.3 is 0 Å². The zero-order valence-electron chi connectivity index (χ0n) is 26.1. The Hall–Kier alpha value is -3.12. The molecule has 44 heavy (non-hydrogen) atoms. The van der Waals surface area contributed by atoms with Gasteiger partial charge in [0.2, 0.25) is 0 Å². The maximum atomic E-state index is 6.73. The van der Waals surface area contributed by atoms with Crippen LogP contribution >= 0.6 is 0 Å². The third kappa shape index (κ3) is 4.98. The predicted molar refractivity (Wildman–Crippen MR) is 167 cm³/mol. The molecule has 1 aromatic carbocycles. The average Bonchev–Trinajstić information content (AvgIpc) is 3.68. The molecule has 2 saturated heterocycles. The highest BCUT2D eigenvalue weighted by molar-refractivity contribution is 5.81. The number of hydrogen-bond acceptors (Lipinski definition) is 9. The highest BCUT2D eigenvalue weighted by atomic mass is 16.8. The van der Waals surface area contributed by atoms with Crippen LogP contribution in [0.5, 0.6) is 0 Å². The molecule has 0 radical (unpaired) electrons. The summed E-state index contributed by atoms with van der Waals surface area (Å²) < 4.78 is 21.5. The summed E-state index contributed by atoms with van der Waals surface area (Å²) in [5.74, 6) is 2.22. The van der Waals surface area contributed by atoms with Crippen LogP contribution in [0, 0.1) is 5.92 Å². The van der Waals surface area contributed by atoms with Gasteiger partial charge in [-0.1, -0.05) is 12.5 Å². The van der Waals surface area contributed by atoms with Crippen LogP contribution in [0.25, 0.3) is 22.2 Å². The summed E-state index contributed by atoms with van der Waals surface area (Å²) in [6.07, 6.45) is 10.7. The first kappa shape index (κ1) is 28.4. The van der Waals surface area contributed by atoms with E-state index in [-0.39, 0.29) is 18.3 Å². The van der Waals surface area contributed by atoms with Crippen molar-refractivity contribution in [2.75, 3.05) is 12.3 Å². The summed E-state index contributed by atoms with van der Waals surface area (Å²) in [5.41, 5.74) is 11.0. The number of ether oxygens (including phenoxy) is 3. The first-order valence-electron chi connectivity index (χ1n) is 16.4. The Morgan fingerprint density at radius 2 is 1.93 bits per heavy atom. The van der Waals surface area contributed by atoms with Crippen LogP contribution in [0.15, 0.2) is 30.9 Å². The minimum Gasteiger partial charge on any atom is -0.382 e. The maximum Gasteiger partial charge on any atom is 0.167 e. The number of H-pyrrole nitrogens is 1. The summed E-state index contributed by atoms with van der Waals surface area (Å²) in [6.45, 7) is 9.28. The van der Waals surface area contributed by atoms with Crippen LogP contribution in [0.3, 0.4) is 0 Å². The SMILES string of the molecule is CC(C)N(C[C@H]1O[C@@H](n2cnc3c(N)ncnc32)[C@H]2OC(C)(C)O[C@@H]21)C1CC(CCc2nc3cc(C4CCC4)ccc3[nH]2)C1. The largest absolute Gasteiger partial charge is 0.382 e. The molecule has 2 saturated carbocycles. The molecule has 11 heteroatoms. The highest BCUT2D eigenvalue weighted by Crippen LogP contribution is 2.45. The number of fused-ring (bicyclic) bond motifs is 3. The Bertz CT molecular complexity index is 1660. The second-order valence-electron chi connectivity index (χ2n) is 14.1. The zero-order valence-corrected chi connectivity index (χ0v) is 26.1. The molecule has 4 atom stereocenters. The van der Waals surface area contributed by atoms with Crippen molar-refractivity contribution in [3.8, 4) is 0 Å². The standard InChI is InChI=1S/C33H44N8O3/c1-18(2)40(22-12-19(13-22)8-11-26-38-23-10-9-21(14-24(23)39-26)20-6-5-7-20)15-25-28-29(44-33(3,4)43-28)32(42-25)41-17-37-27-30(34)35-16-36-31(27)41/h9-10,14,16-20,22,25,28-29,32H,5-8,11-13,15H2,1-4H3,(H,38,39)(H2,34,35,36)/t19?,22?,25-,28-,29+,32-/m1/s1. The van der Waals surface area contributed by atoms with E-state index >= 15 is 0 Å². The second kappa shape index (κ2) is 10.8. The molecule has 2 aliphatic carbocycles. The van der Waals surface area contributed by atoms with Crippen molar-refractivity contribution in [3.63, 3.8) is 0 Å². The fourth-order valence-electron chi connectivity index (χ4n) is 7.81. The van der Waals surface area contributed by atoms with E-state index in [1.807, 2.05) is 18.4 Å². The molecule has 0 bridgehead atoms. The third-order valence-electron chi connectivity index (χ3n) is 10.4. The van der Waals surface area contributed by atoms with Crippen LogP contribution in [-0.4, -0.2) is 77.1 Å². The molecule has 234 valence electrons. The Morgan fingerprint density at radius 3 is 2.70 bits per heavy atom. The molecule has 5 heterocycles. The number of anilines is 1. The van der Waals surface area contributed by atoms with Crippen molar-refractivity contribution in [3.05, 3.63) is 42.2 Å². The van der Waals surface area contributed by atoms with E-state index in [1.54, 1.807) is 6.33 Å². The minimum atomic E-state index is -0.695. The number of benzene rings is 1. The second-order valence-corrected chi connectivity index (χ2v) is 14.1. The van der Waals surface area contributed by atoms with Gasteiger partial charge in [-0.15, -0.1) is 0 Å². The summed E-state index contributed by atoms with van der Waals surface area (Å²) in [6, 6.07) is 7.73. The molecular formula is C33H44N8O3. The summed E-state index contributed by atoms with van der Waals surface area (Å²) in [4.78, 5) is 24.2. The van der Waals surface area contributed by atoms with E-state index < -0.39 is 12.0 Å². The van der Waals surface area contributed by atoms with Crippen LogP contribution < -0.4 is 5.73 Å². The molecule has 3 N–H and O–H groups in total. The van der Waals surface area contributed by atoms with Crippen LogP contribution in [0.4, 0.5) is 5.82 Å². The van der Waals surface area contributed by atoms with Gasteiger partial charge in [-0.2, -0.15) is 0 Å². The molecule has 0 amide bonds. The van der Waals surface area contributed by atoms with Crippen molar-refractivity contribution in [2.24, 2.45) is 5.92 Å². The van der Waals surface area contributed by atoms with E-state index in [9.17, 15) is 0 Å². The Labute approximate surface area is 257 Å². The lowest BCUT2D eigenvalue weighted by atomic mass is 9.76. The predicted octanol–water partition coefficient (Wildman–Crippen LogP) is 5.09. The smallest absolute Gasteiger partial charge is 0.167 e. The molecule has 3 aromatic heterocycles. The lowest BCUT2D eigenvalue weighted by Crippen LogP contribution is -2.52. The Kier molecular flexibility index (Phi) is 6.93. The molecule has 0 spiro atoms. The van der Waals surface area contributed by atoms with Gasteiger partial charge in [-0.05, 0) is 89.3 Å². The first-order chi connectivity index (χ1) is 21.2. The normalized spacial score (nSPS) is 30.0. The number of aryl methyl sites for hydroxylation is 1. The van der Waals surface area contributed by atoms with E-state index in [1.165, 1.54) is 44.0 Å². The van der Waals surface area contributed by atoms with Gasteiger partial charge in [-0.25, -0.2) is 19.9 Å². The van der Waals surface area contributed by atoms with Crippen molar-refractivity contribution >= 4 is 28.0 Å². The fourth-order valence-corrected chi connectivity index (χ4v) is 7.81. The third-order valence-corrected chi connectivity index (χ3v) is 10.4. The zero-order chi connectivity index (χ0) is 30.2. The quantitative estimate of drug-likeness (QED) is 0.270. The van der Waals surface area contributed by atoms with Gasteiger partial charge in [0.05, 0.1) is 17.4 Å². The van der Waals surface area contributed by atoms with Gasteiger partial charge in [0, 0.05) is 25.0 Å². The van der Waals surface area contributed by atoms with Crippen molar-refractivity contribution in [1.29, 1.82) is 0 Å². The molecule has 0 unspecified atom stereocenters. The molecule has 11 nitrogen and oxygen atoms in total. The fraction of sp³-hybridized carbons (Fsp3) is 0.636. The molecular weight excluding hydrogens is 556 g/mol. The van der Waals surface area contributed by atoms with Crippen LogP contribution in [0.1, 0.15) is 89.8 Å². The monoisotopic (exact) mass is 600 g/mol. The Balaban J connectivity index is 0.919. The number of nitrogens with one attached hydrogen (secondary N) is 1. The Morgan fingerprint density at radius 1 is 1.11 bits per heavy atom. The number of nitrogens with zero attached hydrogens (tertiary/aromatic N) is 6. The minimum absolute atomic E-state index is 0.148. The van der Waals surface area contributed by atoms with Gasteiger partial charge < -0.3 is 24.9 Å². The molecule has 4 aliphatic rings. The van der Waals surface area contributed by atoms with Gasteiger partial charge in [0.25, 0.3) is 0 Å². The number of rotatable bonds is 9. The molecule has 4 aromatic rings. The van der Waals surface area contributed by atoms with Gasteiger partial charge in [0.1, 0.15) is 36.0 Å². The van der Waals surface area contributed by atoms with E-state index in [2.05, 4.69) is 56.9 Å². The summed E-state index contributed by atoms with van der Waals surface area (Å²) in [5, 5.41) is 0. The number of nitrogens with two attached hydrogens (primary N) is 1. The number of aromatic amines is 1. The van der Waals surface area contributed by atoms with Crippen LogP contribution in [-0.2, 0) is 20.6 Å². The van der Waals surface area contributed by atoms with E-state index in [0.29, 0.717) is 35.0 Å². The molecule has 4 fully saturated rings. The topological polar surface area (TPSA) is 129 Å². The lowest BCUT2D eigenvalue weighted by molar-refractivity contribution is -0.199. The maximum absolute atomic E-state index is 6.73. The first-order valence-corrected chi connectivity index (χ1v) is 16.4.